The predicted molar refractivity (Wildman–Crippen MR) is 95.4 cm³/mol. The minimum Gasteiger partial charge on any atom is -0.260 e. The maximum atomic E-state index is 12.8. The average Bonchev–Trinajstić information content (AvgIpc) is 3.10. The summed E-state index contributed by atoms with van der Waals surface area (Å²) in [6.45, 7) is 0.555. The molecule has 0 aromatic heterocycles. The SMILES string of the molecule is O=S(=O)(c1ccccc1)N1CCN=C1SCc1cccc(C(F)(F)F)c1. The molecule has 0 fully saturated rings. The number of rotatable bonds is 4. The van der Waals surface area contributed by atoms with E-state index in [4.69, 9.17) is 0 Å². The number of hydrogen-bond acceptors (Lipinski definition) is 4. The summed E-state index contributed by atoms with van der Waals surface area (Å²) < 4.78 is 65.0. The molecule has 138 valence electrons. The summed E-state index contributed by atoms with van der Waals surface area (Å²) in [6, 6.07) is 13.0. The van der Waals surface area contributed by atoms with E-state index in [1.807, 2.05) is 0 Å². The Kier molecular flexibility index (Phi) is 5.29. The molecule has 0 bridgehead atoms. The zero-order chi connectivity index (χ0) is 18.8. The average molecular weight is 400 g/mol. The molecule has 0 saturated heterocycles. The summed E-state index contributed by atoms with van der Waals surface area (Å²) in [6.07, 6.45) is -4.41. The molecule has 1 aliphatic heterocycles. The van der Waals surface area contributed by atoms with E-state index in [0.29, 0.717) is 17.3 Å². The van der Waals surface area contributed by atoms with E-state index in [2.05, 4.69) is 4.99 Å². The van der Waals surface area contributed by atoms with Crippen molar-refractivity contribution >= 4 is 27.0 Å². The zero-order valence-electron chi connectivity index (χ0n) is 13.5. The number of halogens is 3. The summed E-state index contributed by atoms with van der Waals surface area (Å²) in [4.78, 5) is 4.36. The Balaban J connectivity index is 1.74. The van der Waals surface area contributed by atoms with Crippen molar-refractivity contribution in [3.63, 3.8) is 0 Å². The van der Waals surface area contributed by atoms with Gasteiger partial charge in [0.1, 0.15) is 0 Å². The van der Waals surface area contributed by atoms with Gasteiger partial charge in [0.15, 0.2) is 5.17 Å². The van der Waals surface area contributed by atoms with Crippen LogP contribution in [0.2, 0.25) is 0 Å². The first kappa shape index (κ1) is 18.8. The smallest absolute Gasteiger partial charge is 0.260 e. The highest BCUT2D eigenvalue weighted by Crippen LogP contribution is 2.31. The third-order valence-electron chi connectivity index (χ3n) is 3.72. The van der Waals surface area contributed by atoms with Crippen LogP contribution in [0, 0.1) is 0 Å². The van der Waals surface area contributed by atoms with E-state index in [0.717, 1.165) is 23.9 Å². The molecule has 3 rings (SSSR count). The summed E-state index contributed by atoms with van der Waals surface area (Å²) in [5.74, 6) is 0.198. The van der Waals surface area contributed by atoms with Crippen LogP contribution in [-0.4, -0.2) is 31.0 Å². The van der Waals surface area contributed by atoms with Crippen LogP contribution in [-0.2, 0) is 22.0 Å². The third kappa shape index (κ3) is 4.04. The molecule has 1 heterocycles. The molecule has 9 heteroatoms. The molecule has 0 unspecified atom stereocenters. The number of thioether (sulfide) groups is 1. The van der Waals surface area contributed by atoms with E-state index in [1.165, 1.54) is 22.5 Å². The van der Waals surface area contributed by atoms with Gasteiger partial charge < -0.3 is 0 Å². The van der Waals surface area contributed by atoms with Gasteiger partial charge in [0.2, 0.25) is 0 Å². The molecule has 2 aromatic rings. The van der Waals surface area contributed by atoms with Crippen LogP contribution < -0.4 is 0 Å². The highest BCUT2D eigenvalue weighted by molar-refractivity contribution is 8.14. The van der Waals surface area contributed by atoms with E-state index < -0.39 is 21.8 Å². The fourth-order valence-electron chi connectivity index (χ4n) is 2.46. The number of hydrogen-bond donors (Lipinski definition) is 0. The van der Waals surface area contributed by atoms with Crippen molar-refractivity contribution in [2.75, 3.05) is 13.1 Å². The molecule has 26 heavy (non-hydrogen) atoms. The maximum absolute atomic E-state index is 12.8. The Morgan fingerprint density at radius 3 is 2.50 bits per heavy atom. The molecule has 4 nitrogen and oxygen atoms in total. The van der Waals surface area contributed by atoms with Crippen molar-refractivity contribution in [1.29, 1.82) is 0 Å². The van der Waals surface area contributed by atoms with Gasteiger partial charge >= 0.3 is 6.18 Å². The monoisotopic (exact) mass is 400 g/mol. The van der Waals surface area contributed by atoms with Crippen molar-refractivity contribution < 1.29 is 21.6 Å². The van der Waals surface area contributed by atoms with Crippen molar-refractivity contribution in [2.45, 2.75) is 16.8 Å². The number of benzene rings is 2. The Morgan fingerprint density at radius 2 is 1.81 bits per heavy atom. The van der Waals surface area contributed by atoms with Crippen LogP contribution in [0.15, 0.2) is 64.5 Å². The van der Waals surface area contributed by atoms with E-state index in [1.54, 1.807) is 24.3 Å². The second-order valence-electron chi connectivity index (χ2n) is 5.54. The fraction of sp³-hybridized carbons (Fsp3) is 0.235. The van der Waals surface area contributed by atoms with Gasteiger partial charge in [0.25, 0.3) is 10.0 Å². The highest BCUT2D eigenvalue weighted by atomic mass is 32.2. The molecule has 2 aromatic carbocycles. The highest BCUT2D eigenvalue weighted by Gasteiger charge is 2.32. The second-order valence-corrected chi connectivity index (χ2v) is 8.35. The number of nitrogens with zero attached hydrogens (tertiary/aromatic N) is 2. The van der Waals surface area contributed by atoms with E-state index >= 15 is 0 Å². The molecule has 0 N–H and O–H groups in total. The lowest BCUT2D eigenvalue weighted by Crippen LogP contribution is -2.32. The van der Waals surface area contributed by atoms with E-state index in [-0.39, 0.29) is 17.2 Å². The van der Waals surface area contributed by atoms with E-state index in [9.17, 15) is 21.6 Å². The minimum absolute atomic E-state index is 0.161. The van der Waals surface area contributed by atoms with Gasteiger partial charge in [0, 0.05) is 5.75 Å². The molecule has 0 spiro atoms. The van der Waals surface area contributed by atoms with Gasteiger partial charge in [0.05, 0.1) is 23.5 Å². The second kappa shape index (κ2) is 7.32. The third-order valence-corrected chi connectivity index (χ3v) is 6.72. The van der Waals surface area contributed by atoms with Crippen LogP contribution in [0.5, 0.6) is 0 Å². The number of amidine groups is 1. The lowest BCUT2D eigenvalue weighted by atomic mass is 10.1. The summed E-state index contributed by atoms with van der Waals surface area (Å²) >= 11 is 1.12. The van der Waals surface area contributed by atoms with Gasteiger partial charge in [-0.25, -0.2) is 12.7 Å². The van der Waals surface area contributed by atoms with Gasteiger partial charge in [-0.15, -0.1) is 0 Å². The number of aliphatic imine (C=N–C) groups is 1. The van der Waals surface area contributed by atoms with Crippen LogP contribution >= 0.6 is 11.8 Å². The van der Waals surface area contributed by atoms with Crippen molar-refractivity contribution in [3.05, 3.63) is 65.7 Å². The fourth-order valence-corrected chi connectivity index (χ4v) is 5.14. The number of sulfonamides is 1. The summed E-state index contributed by atoms with van der Waals surface area (Å²) in [5, 5.41) is 0.297. The van der Waals surface area contributed by atoms with Crippen LogP contribution in [0.4, 0.5) is 13.2 Å². The Morgan fingerprint density at radius 1 is 1.08 bits per heavy atom. The maximum Gasteiger partial charge on any atom is 0.416 e. The Hall–Kier alpha value is -2.00. The summed E-state index contributed by atoms with van der Waals surface area (Å²) in [5.41, 5.74) is -0.269. The molecule has 0 aliphatic carbocycles. The molecule has 0 saturated carbocycles. The van der Waals surface area contributed by atoms with Gasteiger partial charge in [-0.1, -0.05) is 48.2 Å². The molecule has 1 aliphatic rings. The normalized spacial score (nSPS) is 15.2. The molecular weight excluding hydrogens is 385 g/mol. The quantitative estimate of drug-likeness (QED) is 0.780. The molecule has 0 radical (unpaired) electrons. The molecular formula is C17H15F3N2O2S2. The van der Waals surface area contributed by atoms with Crippen LogP contribution in [0.1, 0.15) is 11.1 Å². The van der Waals surface area contributed by atoms with Crippen molar-refractivity contribution in [3.8, 4) is 0 Å². The minimum atomic E-state index is -4.41. The first-order valence-corrected chi connectivity index (χ1v) is 10.1. The first-order valence-electron chi connectivity index (χ1n) is 7.70. The Labute approximate surface area is 153 Å². The largest absolute Gasteiger partial charge is 0.416 e. The molecule has 0 atom stereocenters. The lowest BCUT2D eigenvalue weighted by molar-refractivity contribution is -0.137. The van der Waals surface area contributed by atoms with Crippen LogP contribution in [0.25, 0.3) is 0 Å². The van der Waals surface area contributed by atoms with Crippen LogP contribution in [0.3, 0.4) is 0 Å². The summed E-state index contributed by atoms with van der Waals surface area (Å²) in [7, 11) is -3.72. The van der Waals surface area contributed by atoms with Crippen molar-refractivity contribution in [1.82, 2.24) is 4.31 Å². The standard InChI is InChI=1S/C17H15F3N2O2S2/c18-17(19,20)14-6-4-5-13(11-14)12-25-16-21-9-10-22(16)26(23,24)15-7-2-1-3-8-15/h1-8,11H,9-10,12H2. The van der Waals surface area contributed by atoms with Crippen molar-refractivity contribution in [2.24, 2.45) is 4.99 Å². The first-order chi connectivity index (χ1) is 12.3. The topological polar surface area (TPSA) is 49.7 Å². The van der Waals surface area contributed by atoms with Gasteiger partial charge in [-0.3, -0.25) is 4.99 Å². The lowest BCUT2D eigenvalue weighted by Gasteiger charge is -2.20. The van der Waals surface area contributed by atoms with Gasteiger partial charge in [-0.2, -0.15) is 13.2 Å². The predicted octanol–water partition coefficient (Wildman–Crippen LogP) is 4.00. The Bertz CT molecular complexity index is 913. The zero-order valence-corrected chi connectivity index (χ0v) is 15.1. The van der Waals surface area contributed by atoms with Gasteiger partial charge in [-0.05, 0) is 23.8 Å². The molecule has 0 amide bonds. The number of alkyl halides is 3.